The van der Waals surface area contributed by atoms with Gasteiger partial charge in [0.25, 0.3) is 0 Å². The van der Waals surface area contributed by atoms with Crippen molar-refractivity contribution in [2.75, 3.05) is 21.7 Å². The molecule has 0 aromatic heterocycles. The summed E-state index contributed by atoms with van der Waals surface area (Å²) >= 11 is 1.70. The minimum absolute atomic E-state index is 0.156. The zero-order chi connectivity index (χ0) is 12.9. The van der Waals surface area contributed by atoms with Crippen LogP contribution in [0.3, 0.4) is 0 Å². The minimum Gasteiger partial charge on any atom is -0.228 e. The van der Waals surface area contributed by atoms with Crippen LogP contribution in [0.2, 0.25) is 0 Å². The Kier molecular flexibility index (Phi) is 3.52. The van der Waals surface area contributed by atoms with Gasteiger partial charge in [-0.1, -0.05) is 0 Å². The molecule has 2 aliphatic rings. The summed E-state index contributed by atoms with van der Waals surface area (Å²) in [4.78, 5) is 0. The molecule has 2 saturated heterocycles. The Morgan fingerprint density at radius 1 is 0.824 bits per heavy atom. The normalized spacial score (nSPS) is 35.6. The SMILES string of the molecule is O=S1(=O)CCSC1C1S(=O)(=O)CSCS1(=O)=O. The fraction of sp³-hybridized carbons (Fsp3) is 1.00. The van der Waals surface area contributed by atoms with Crippen LogP contribution in [0.25, 0.3) is 0 Å². The van der Waals surface area contributed by atoms with Gasteiger partial charge in [-0.3, -0.25) is 0 Å². The van der Waals surface area contributed by atoms with E-state index in [0.717, 1.165) is 23.5 Å². The lowest BCUT2D eigenvalue weighted by atomic mass is 10.9. The van der Waals surface area contributed by atoms with Gasteiger partial charge in [-0.15, -0.1) is 23.5 Å². The van der Waals surface area contributed by atoms with E-state index >= 15 is 0 Å². The zero-order valence-electron chi connectivity index (χ0n) is 8.47. The summed E-state index contributed by atoms with van der Waals surface area (Å²) < 4.78 is 67.4. The van der Waals surface area contributed by atoms with Crippen LogP contribution in [-0.4, -0.2) is 56.1 Å². The molecule has 2 heterocycles. The van der Waals surface area contributed by atoms with Gasteiger partial charge < -0.3 is 0 Å². The summed E-state index contributed by atoms with van der Waals surface area (Å²) in [5.74, 6) is 0.0959. The standard InChI is InChI=1S/C6H10O6S5/c7-15(8)2-1-14-5(15)6-16(9,10)3-13-4-17(6,11)12/h5-6H,1-4H2. The van der Waals surface area contributed by atoms with Crippen molar-refractivity contribution in [2.45, 2.75) is 9.16 Å². The third-order valence-corrected chi connectivity index (χ3v) is 15.1. The molecule has 0 aliphatic carbocycles. The topological polar surface area (TPSA) is 102 Å². The van der Waals surface area contributed by atoms with Crippen LogP contribution in [0.15, 0.2) is 0 Å². The van der Waals surface area contributed by atoms with E-state index in [2.05, 4.69) is 0 Å². The highest BCUT2D eigenvalue weighted by Crippen LogP contribution is 2.39. The quantitative estimate of drug-likeness (QED) is 0.618. The highest BCUT2D eigenvalue weighted by molar-refractivity contribution is 8.29. The molecule has 2 fully saturated rings. The van der Waals surface area contributed by atoms with Crippen molar-refractivity contribution >= 4 is 53.0 Å². The van der Waals surface area contributed by atoms with E-state index in [4.69, 9.17) is 0 Å². The van der Waals surface area contributed by atoms with E-state index in [1.54, 1.807) is 0 Å². The molecule has 1 atom stereocenters. The lowest BCUT2D eigenvalue weighted by molar-refractivity contribution is 0.572. The Bertz CT molecular complexity index is 580. The maximum atomic E-state index is 11.8. The van der Waals surface area contributed by atoms with E-state index in [1.807, 2.05) is 0 Å². The summed E-state index contributed by atoms with van der Waals surface area (Å²) in [6.07, 6.45) is 0. The molecule has 11 heteroatoms. The average molecular weight is 338 g/mol. The number of hydrogen-bond acceptors (Lipinski definition) is 8. The Morgan fingerprint density at radius 2 is 1.35 bits per heavy atom. The second-order valence-corrected chi connectivity index (χ2v) is 13.8. The fourth-order valence-electron chi connectivity index (χ4n) is 1.71. The molecule has 0 radical (unpaired) electrons. The van der Waals surface area contributed by atoms with Crippen molar-refractivity contribution < 1.29 is 25.3 Å². The van der Waals surface area contributed by atoms with Crippen molar-refractivity contribution in [1.29, 1.82) is 0 Å². The van der Waals surface area contributed by atoms with Gasteiger partial charge in [0.2, 0.25) is 0 Å². The lowest BCUT2D eigenvalue weighted by Crippen LogP contribution is -2.45. The van der Waals surface area contributed by atoms with Crippen molar-refractivity contribution in [3.63, 3.8) is 0 Å². The van der Waals surface area contributed by atoms with Crippen molar-refractivity contribution in [1.82, 2.24) is 0 Å². The molecule has 0 aromatic carbocycles. The molecule has 0 bridgehead atoms. The Hall–Kier alpha value is 0.550. The van der Waals surface area contributed by atoms with Crippen molar-refractivity contribution in [2.24, 2.45) is 0 Å². The summed E-state index contributed by atoms with van der Waals surface area (Å²) in [6.45, 7) is 0. The van der Waals surface area contributed by atoms with Crippen LogP contribution in [0, 0.1) is 0 Å². The summed E-state index contributed by atoms with van der Waals surface area (Å²) in [7, 11) is -11.5. The van der Waals surface area contributed by atoms with Gasteiger partial charge >= 0.3 is 0 Å². The highest BCUT2D eigenvalue weighted by atomic mass is 32.3. The summed E-state index contributed by atoms with van der Waals surface area (Å²) in [5, 5.41) is -0.660. The van der Waals surface area contributed by atoms with Crippen LogP contribution in [0.5, 0.6) is 0 Å². The first-order valence-corrected chi connectivity index (χ1v) is 11.9. The van der Waals surface area contributed by atoms with E-state index in [1.165, 1.54) is 0 Å². The average Bonchev–Trinajstić information content (AvgIpc) is 2.43. The Balaban J connectivity index is 2.55. The van der Waals surface area contributed by atoms with Gasteiger partial charge in [0.05, 0.1) is 15.9 Å². The molecular formula is C6H10O6S5. The predicted octanol–water partition coefficient (Wildman–Crippen LogP) is -0.708. The lowest BCUT2D eigenvalue weighted by Gasteiger charge is -2.25. The van der Waals surface area contributed by atoms with Crippen molar-refractivity contribution in [3.8, 4) is 0 Å². The first kappa shape index (κ1) is 14.0. The summed E-state index contributed by atoms with van der Waals surface area (Å²) in [6, 6.07) is 0. The molecule has 0 saturated carbocycles. The smallest absolute Gasteiger partial charge is 0.190 e. The first-order valence-electron chi connectivity index (χ1n) is 4.51. The fourth-order valence-corrected chi connectivity index (χ4v) is 16.2. The maximum absolute atomic E-state index is 11.8. The van der Waals surface area contributed by atoms with Gasteiger partial charge in [-0.05, 0) is 0 Å². The van der Waals surface area contributed by atoms with E-state index in [9.17, 15) is 25.3 Å². The van der Waals surface area contributed by atoms with Crippen LogP contribution < -0.4 is 0 Å². The van der Waals surface area contributed by atoms with E-state index in [-0.39, 0.29) is 21.7 Å². The molecule has 2 aliphatic heterocycles. The van der Waals surface area contributed by atoms with Crippen LogP contribution in [0.1, 0.15) is 0 Å². The van der Waals surface area contributed by atoms with Gasteiger partial charge in [-0.2, -0.15) is 0 Å². The summed E-state index contributed by atoms with van der Waals surface area (Å²) in [5.41, 5.74) is 0. The molecule has 0 spiro atoms. The molecule has 2 rings (SSSR count). The van der Waals surface area contributed by atoms with Crippen LogP contribution in [0.4, 0.5) is 0 Å². The van der Waals surface area contributed by atoms with Crippen LogP contribution in [-0.2, 0) is 29.5 Å². The monoisotopic (exact) mass is 338 g/mol. The first-order chi connectivity index (χ1) is 7.67. The number of rotatable bonds is 1. The second-order valence-electron chi connectivity index (χ2n) is 3.74. The van der Waals surface area contributed by atoms with E-state index < -0.39 is 38.7 Å². The molecule has 1 unspecified atom stereocenters. The molecule has 0 amide bonds. The molecular weight excluding hydrogens is 328 g/mol. The van der Waals surface area contributed by atoms with Gasteiger partial charge in [-0.25, -0.2) is 25.3 Å². The predicted molar refractivity (Wildman–Crippen MR) is 69.0 cm³/mol. The minimum atomic E-state index is -3.91. The number of sulfone groups is 3. The van der Waals surface area contributed by atoms with Gasteiger partial charge in [0.15, 0.2) is 34.1 Å². The van der Waals surface area contributed by atoms with Crippen molar-refractivity contribution in [3.05, 3.63) is 0 Å². The largest absolute Gasteiger partial charge is 0.228 e. The van der Waals surface area contributed by atoms with E-state index in [0.29, 0.717) is 0 Å². The molecule has 100 valence electrons. The maximum Gasteiger partial charge on any atom is 0.190 e. The Labute approximate surface area is 109 Å². The third kappa shape index (κ3) is 2.48. The number of thioether (sulfide) groups is 2. The Morgan fingerprint density at radius 3 is 1.76 bits per heavy atom. The molecule has 0 aromatic rings. The second kappa shape index (κ2) is 4.29. The van der Waals surface area contributed by atoms with Gasteiger partial charge in [0, 0.05) is 5.75 Å². The highest BCUT2D eigenvalue weighted by Gasteiger charge is 2.53. The molecule has 0 N–H and O–H groups in total. The van der Waals surface area contributed by atoms with Crippen LogP contribution >= 0.6 is 23.5 Å². The molecule has 17 heavy (non-hydrogen) atoms. The third-order valence-electron chi connectivity index (χ3n) is 2.43. The molecule has 6 nitrogen and oxygen atoms in total. The van der Waals surface area contributed by atoms with Gasteiger partial charge in [0.1, 0.15) is 4.58 Å². The zero-order valence-corrected chi connectivity index (χ0v) is 12.6. The number of hydrogen-bond donors (Lipinski definition) is 0.